The Morgan fingerprint density at radius 1 is 1.16 bits per heavy atom. The third-order valence-corrected chi connectivity index (χ3v) is 2.89. The van der Waals surface area contributed by atoms with Crippen LogP contribution >= 0.6 is 11.6 Å². The number of hydrogen-bond acceptors (Lipinski definition) is 2. The number of anilines is 1. The van der Waals surface area contributed by atoms with E-state index >= 15 is 0 Å². The highest BCUT2D eigenvalue weighted by molar-refractivity contribution is 6.30. The predicted octanol–water partition coefficient (Wildman–Crippen LogP) is 3.76. The lowest BCUT2D eigenvalue weighted by Crippen LogP contribution is -2.13. The van der Waals surface area contributed by atoms with Crippen LogP contribution in [0.4, 0.5) is 14.5 Å². The molecule has 2 N–H and O–H groups in total. The fraction of sp³-hybridized carbons (Fsp3) is 0.143. The Labute approximate surface area is 114 Å². The van der Waals surface area contributed by atoms with Crippen molar-refractivity contribution in [2.75, 3.05) is 11.9 Å². The zero-order valence-electron chi connectivity index (χ0n) is 9.91. The third kappa shape index (κ3) is 3.66. The van der Waals surface area contributed by atoms with E-state index in [9.17, 15) is 13.9 Å². The van der Waals surface area contributed by atoms with Crippen LogP contribution in [0.25, 0.3) is 0 Å². The summed E-state index contributed by atoms with van der Waals surface area (Å²) in [5.41, 5.74) is 0.668. The first-order valence-corrected chi connectivity index (χ1v) is 6.06. The zero-order chi connectivity index (χ0) is 13.8. The van der Waals surface area contributed by atoms with Gasteiger partial charge >= 0.3 is 0 Å². The Balaban J connectivity index is 2.02. The van der Waals surface area contributed by atoms with E-state index < -0.39 is 17.7 Å². The molecule has 2 nitrogen and oxygen atoms in total. The van der Waals surface area contributed by atoms with Crippen molar-refractivity contribution >= 4 is 17.3 Å². The number of aliphatic hydroxyl groups excluding tert-OH is 1. The molecule has 19 heavy (non-hydrogen) atoms. The summed E-state index contributed by atoms with van der Waals surface area (Å²) in [5.74, 6) is -0.923. The van der Waals surface area contributed by atoms with Crippen LogP contribution in [0, 0.1) is 11.6 Å². The van der Waals surface area contributed by atoms with E-state index in [-0.39, 0.29) is 12.2 Å². The summed E-state index contributed by atoms with van der Waals surface area (Å²) in [6.45, 7) is 0.0714. The van der Waals surface area contributed by atoms with Crippen molar-refractivity contribution in [3.05, 3.63) is 64.7 Å². The van der Waals surface area contributed by atoms with Crippen molar-refractivity contribution < 1.29 is 13.9 Å². The smallest absolute Gasteiger partial charge is 0.147 e. The molecule has 2 aromatic carbocycles. The van der Waals surface area contributed by atoms with Gasteiger partial charge < -0.3 is 10.4 Å². The predicted molar refractivity (Wildman–Crippen MR) is 71.3 cm³/mol. The van der Waals surface area contributed by atoms with Gasteiger partial charge in [-0.25, -0.2) is 8.78 Å². The molecule has 0 aliphatic heterocycles. The highest BCUT2D eigenvalue weighted by Gasteiger charge is 2.09. The Hall–Kier alpha value is -1.65. The molecule has 0 bridgehead atoms. The maximum absolute atomic E-state index is 13.5. The molecule has 0 fully saturated rings. The number of hydrogen-bond donors (Lipinski definition) is 2. The van der Waals surface area contributed by atoms with E-state index in [1.807, 2.05) is 0 Å². The standard InChI is InChI=1S/C14H12ClF2NO/c15-10-4-5-13(12(17)7-10)18-8-14(19)9-2-1-3-11(16)6-9/h1-7,14,18-19H,8H2. The fourth-order valence-corrected chi connectivity index (χ4v) is 1.83. The van der Waals surface area contributed by atoms with Crippen molar-refractivity contribution in [1.29, 1.82) is 0 Å². The number of rotatable bonds is 4. The first kappa shape index (κ1) is 13.8. The molecule has 0 saturated carbocycles. The van der Waals surface area contributed by atoms with E-state index in [1.54, 1.807) is 12.1 Å². The Morgan fingerprint density at radius 3 is 2.63 bits per heavy atom. The van der Waals surface area contributed by atoms with Gasteiger partial charge in [0.25, 0.3) is 0 Å². The molecular formula is C14H12ClF2NO. The van der Waals surface area contributed by atoms with Crippen LogP contribution in [-0.4, -0.2) is 11.7 Å². The maximum atomic E-state index is 13.5. The van der Waals surface area contributed by atoms with Crippen LogP contribution in [-0.2, 0) is 0 Å². The lowest BCUT2D eigenvalue weighted by atomic mass is 10.1. The molecule has 1 atom stereocenters. The Morgan fingerprint density at radius 2 is 1.95 bits per heavy atom. The molecule has 0 radical (unpaired) electrons. The quantitative estimate of drug-likeness (QED) is 0.895. The molecule has 100 valence electrons. The van der Waals surface area contributed by atoms with Crippen molar-refractivity contribution in [3.63, 3.8) is 0 Å². The largest absolute Gasteiger partial charge is 0.387 e. The second-order valence-corrected chi connectivity index (χ2v) is 4.51. The molecule has 0 amide bonds. The van der Waals surface area contributed by atoms with Gasteiger partial charge in [0, 0.05) is 11.6 Å². The molecule has 0 aliphatic carbocycles. The van der Waals surface area contributed by atoms with E-state index in [1.165, 1.54) is 30.3 Å². The minimum atomic E-state index is -0.925. The molecule has 0 aromatic heterocycles. The van der Waals surface area contributed by atoms with Gasteiger partial charge in [0.2, 0.25) is 0 Å². The first-order chi connectivity index (χ1) is 9.06. The molecular weight excluding hydrogens is 272 g/mol. The summed E-state index contributed by atoms with van der Waals surface area (Å²) in [5, 5.41) is 12.9. The molecule has 1 unspecified atom stereocenters. The fourth-order valence-electron chi connectivity index (χ4n) is 1.67. The third-order valence-electron chi connectivity index (χ3n) is 2.65. The SMILES string of the molecule is OC(CNc1ccc(Cl)cc1F)c1cccc(F)c1. The summed E-state index contributed by atoms with van der Waals surface area (Å²) in [6, 6.07) is 9.85. The topological polar surface area (TPSA) is 32.3 Å². The van der Waals surface area contributed by atoms with Crippen LogP contribution in [0.5, 0.6) is 0 Å². The summed E-state index contributed by atoms with van der Waals surface area (Å²) in [6.07, 6.45) is -0.925. The molecule has 0 spiro atoms. The van der Waals surface area contributed by atoms with E-state index in [0.717, 1.165) is 0 Å². The van der Waals surface area contributed by atoms with Crippen molar-refractivity contribution in [2.24, 2.45) is 0 Å². The molecule has 0 saturated heterocycles. The van der Waals surface area contributed by atoms with Gasteiger partial charge in [-0.05, 0) is 35.9 Å². The Kier molecular flexibility index (Phi) is 4.35. The molecule has 2 rings (SSSR count). The minimum Gasteiger partial charge on any atom is -0.387 e. The maximum Gasteiger partial charge on any atom is 0.147 e. The van der Waals surface area contributed by atoms with E-state index in [4.69, 9.17) is 11.6 Å². The lowest BCUT2D eigenvalue weighted by molar-refractivity contribution is 0.191. The van der Waals surface area contributed by atoms with Gasteiger partial charge in [-0.3, -0.25) is 0 Å². The van der Waals surface area contributed by atoms with Crippen LogP contribution in [0.1, 0.15) is 11.7 Å². The lowest BCUT2D eigenvalue weighted by Gasteiger charge is -2.13. The van der Waals surface area contributed by atoms with Crippen molar-refractivity contribution in [1.82, 2.24) is 0 Å². The van der Waals surface area contributed by atoms with Gasteiger partial charge in [-0.2, -0.15) is 0 Å². The van der Waals surface area contributed by atoms with E-state index in [0.29, 0.717) is 10.6 Å². The normalized spacial score (nSPS) is 12.2. The number of aliphatic hydroxyl groups is 1. The molecule has 5 heteroatoms. The molecule has 2 aromatic rings. The van der Waals surface area contributed by atoms with Crippen LogP contribution < -0.4 is 5.32 Å². The van der Waals surface area contributed by atoms with Crippen LogP contribution in [0.15, 0.2) is 42.5 Å². The average Bonchev–Trinajstić information content (AvgIpc) is 2.37. The van der Waals surface area contributed by atoms with Gasteiger partial charge in [0.15, 0.2) is 0 Å². The Bertz CT molecular complexity index is 577. The minimum absolute atomic E-state index is 0.0714. The van der Waals surface area contributed by atoms with Gasteiger partial charge in [0.05, 0.1) is 11.8 Å². The van der Waals surface area contributed by atoms with Gasteiger partial charge in [0.1, 0.15) is 11.6 Å². The summed E-state index contributed by atoms with van der Waals surface area (Å²) < 4.78 is 26.5. The van der Waals surface area contributed by atoms with E-state index in [2.05, 4.69) is 5.32 Å². The molecule has 0 heterocycles. The van der Waals surface area contributed by atoms with Gasteiger partial charge in [-0.1, -0.05) is 23.7 Å². The molecule has 0 aliphatic rings. The van der Waals surface area contributed by atoms with Crippen molar-refractivity contribution in [2.45, 2.75) is 6.10 Å². The van der Waals surface area contributed by atoms with Crippen LogP contribution in [0.2, 0.25) is 5.02 Å². The zero-order valence-corrected chi connectivity index (χ0v) is 10.7. The number of halogens is 3. The monoisotopic (exact) mass is 283 g/mol. The van der Waals surface area contributed by atoms with Crippen LogP contribution in [0.3, 0.4) is 0 Å². The summed E-state index contributed by atoms with van der Waals surface area (Å²) in [4.78, 5) is 0. The van der Waals surface area contributed by atoms with Gasteiger partial charge in [-0.15, -0.1) is 0 Å². The second-order valence-electron chi connectivity index (χ2n) is 4.08. The summed E-state index contributed by atoms with van der Waals surface area (Å²) in [7, 11) is 0. The highest BCUT2D eigenvalue weighted by atomic mass is 35.5. The average molecular weight is 284 g/mol. The highest BCUT2D eigenvalue weighted by Crippen LogP contribution is 2.20. The second kappa shape index (κ2) is 5.99. The summed E-state index contributed by atoms with van der Waals surface area (Å²) >= 11 is 5.63. The van der Waals surface area contributed by atoms with Crippen molar-refractivity contribution in [3.8, 4) is 0 Å². The first-order valence-electron chi connectivity index (χ1n) is 5.69. The number of benzene rings is 2. The number of nitrogens with one attached hydrogen (secondary N) is 1.